The topological polar surface area (TPSA) is 0 Å². The quantitative estimate of drug-likeness (QED) is 0.390. The Morgan fingerprint density at radius 3 is 2.40 bits per heavy atom. The lowest BCUT2D eigenvalue weighted by molar-refractivity contribution is 4.72. The van der Waals surface area contributed by atoms with Crippen molar-refractivity contribution in [2.24, 2.45) is 0 Å². The number of rotatable bonds is 2. The minimum absolute atomic E-state index is 1.05. The molecule has 0 saturated heterocycles. The fraction of sp³-hybridized carbons (Fsp3) is 0. The molecular formula is H4BIP3. The molecule has 5 heteroatoms. The lowest BCUT2D eigenvalue weighted by Crippen LogP contribution is -1.40. The van der Waals surface area contributed by atoms with Crippen molar-refractivity contribution in [2.45, 2.75) is 0 Å². The zero-order chi connectivity index (χ0) is 4.12. The molecule has 0 amide bonds. The van der Waals surface area contributed by atoms with Crippen molar-refractivity contribution in [1.29, 1.82) is 0 Å². The van der Waals surface area contributed by atoms with Crippen molar-refractivity contribution in [3.05, 3.63) is 0 Å². The smallest absolute Gasteiger partial charge is 0.172 e. The number of halogens is 1. The van der Waals surface area contributed by atoms with Crippen molar-refractivity contribution in [3.8, 4) is 0 Å². The van der Waals surface area contributed by atoms with E-state index in [9.17, 15) is 0 Å². The fourth-order valence-corrected chi connectivity index (χ4v) is 5.70. The third-order valence-corrected chi connectivity index (χ3v) is 5.54. The average Bonchev–Trinajstić information content (AvgIpc) is 1.41. The average molecular weight is 235 g/mol. The SMILES string of the molecule is P[B]PPI. The third-order valence-electron chi connectivity index (χ3n) is 0.138. The molecular weight excluding hydrogens is 231 g/mol. The van der Waals surface area contributed by atoms with Crippen LogP contribution in [0.2, 0.25) is 0 Å². The lowest BCUT2D eigenvalue weighted by atomic mass is 10.7. The Kier molecular flexibility index (Phi) is 8.62. The molecule has 3 unspecified atom stereocenters. The fourth-order valence-electron chi connectivity index (χ4n) is 0.0315. The largest absolute Gasteiger partial charge is 0.175 e. The second kappa shape index (κ2) is 6.08. The van der Waals surface area contributed by atoms with Crippen LogP contribution in [0.5, 0.6) is 0 Å². The van der Waals surface area contributed by atoms with Gasteiger partial charge in [0.2, 0.25) is 0 Å². The monoisotopic (exact) mass is 235 g/mol. The Morgan fingerprint density at radius 1 is 1.80 bits per heavy atom. The highest BCUT2D eigenvalue weighted by molar-refractivity contribution is 14.2. The Labute approximate surface area is 51.9 Å². The van der Waals surface area contributed by atoms with Crippen LogP contribution in [-0.4, -0.2) is 6.72 Å². The highest BCUT2D eigenvalue weighted by Crippen LogP contribution is 2.42. The molecule has 0 fully saturated rings. The van der Waals surface area contributed by atoms with E-state index in [1.54, 1.807) is 0 Å². The maximum absolute atomic E-state index is 2.59. The molecule has 0 aromatic heterocycles. The van der Waals surface area contributed by atoms with Crippen molar-refractivity contribution in [1.82, 2.24) is 0 Å². The Balaban J connectivity index is 2.19. The third kappa shape index (κ3) is 6.08. The van der Waals surface area contributed by atoms with Crippen LogP contribution < -0.4 is 0 Å². The summed E-state index contributed by atoms with van der Waals surface area (Å²) in [5.74, 6) is 1.08. The Bertz CT molecular complexity index is 14.4. The van der Waals surface area contributed by atoms with Gasteiger partial charge in [0.15, 0.2) is 6.72 Å². The van der Waals surface area contributed by atoms with Crippen molar-refractivity contribution in [2.75, 3.05) is 0 Å². The van der Waals surface area contributed by atoms with Gasteiger partial charge in [-0.05, 0) is 5.91 Å². The van der Waals surface area contributed by atoms with Crippen LogP contribution in [0, 0.1) is 0 Å². The highest BCUT2D eigenvalue weighted by Gasteiger charge is 1.71. The maximum Gasteiger partial charge on any atom is 0.175 e. The van der Waals surface area contributed by atoms with E-state index < -0.39 is 0 Å². The van der Waals surface area contributed by atoms with Gasteiger partial charge in [0.25, 0.3) is 0 Å². The van der Waals surface area contributed by atoms with Gasteiger partial charge in [-0.25, -0.2) is 0 Å². The molecule has 5 heavy (non-hydrogen) atoms. The molecule has 0 aliphatic heterocycles. The molecule has 0 rings (SSSR count). The van der Waals surface area contributed by atoms with E-state index in [2.05, 4.69) is 37.9 Å². The van der Waals surface area contributed by atoms with Gasteiger partial charge in [-0.3, -0.25) is 0 Å². The zero-order valence-corrected chi connectivity index (χ0v) is 7.84. The van der Waals surface area contributed by atoms with Crippen LogP contribution in [0.3, 0.4) is 0 Å². The molecule has 0 aromatic carbocycles. The number of hydrogen-bond donors (Lipinski definition) is 0. The summed E-state index contributed by atoms with van der Waals surface area (Å²) in [6.07, 6.45) is 0. The molecule has 0 aliphatic rings. The van der Waals surface area contributed by atoms with Gasteiger partial charge in [0.05, 0.1) is 0 Å². The van der Waals surface area contributed by atoms with E-state index in [4.69, 9.17) is 0 Å². The molecule has 29 valence electrons. The number of hydrogen-bond acceptors (Lipinski definition) is 0. The molecule has 0 aliphatic carbocycles. The van der Waals surface area contributed by atoms with E-state index in [0.717, 1.165) is 14.1 Å². The summed E-state index contributed by atoms with van der Waals surface area (Å²) in [6, 6.07) is 0. The van der Waals surface area contributed by atoms with Crippen LogP contribution in [0.1, 0.15) is 0 Å². The van der Waals surface area contributed by atoms with Gasteiger partial charge in [-0.2, -0.15) is 9.12 Å². The first-order valence-electron chi connectivity index (χ1n) is 1.06. The molecule has 3 atom stereocenters. The molecule has 0 N–H and O–H groups in total. The van der Waals surface area contributed by atoms with Gasteiger partial charge in [0.1, 0.15) is 0 Å². The lowest BCUT2D eigenvalue weighted by Gasteiger charge is -1.76. The molecule has 0 heterocycles. The van der Waals surface area contributed by atoms with E-state index in [0.29, 0.717) is 0 Å². The van der Waals surface area contributed by atoms with Gasteiger partial charge in [-0.15, -0.1) is 8.15 Å². The van der Waals surface area contributed by atoms with Crippen LogP contribution in [0.25, 0.3) is 0 Å². The minimum atomic E-state index is 1.05. The Hall–Kier alpha value is 2.08. The summed E-state index contributed by atoms with van der Waals surface area (Å²) in [7, 11) is 3.64. The summed E-state index contributed by atoms with van der Waals surface area (Å²) >= 11 is 2.38. The van der Waals surface area contributed by atoms with Gasteiger partial charge < -0.3 is 0 Å². The van der Waals surface area contributed by atoms with E-state index in [1.807, 2.05) is 0 Å². The minimum Gasteiger partial charge on any atom is -0.172 e. The van der Waals surface area contributed by atoms with Gasteiger partial charge >= 0.3 is 0 Å². The van der Waals surface area contributed by atoms with Crippen LogP contribution >= 0.6 is 45.2 Å². The van der Waals surface area contributed by atoms with Gasteiger partial charge in [0, 0.05) is 0 Å². The van der Waals surface area contributed by atoms with Crippen molar-refractivity contribution in [3.63, 3.8) is 0 Å². The normalized spacial score (nSPS) is 12.4. The summed E-state index contributed by atoms with van der Waals surface area (Å²) in [5.41, 5.74) is 0. The molecule has 0 nitrogen and oxygen atoms in total. The molecule has 0 aromatic rings. The predicted molar refractivity (Wildman–Crippen MR) is 46.1 cm³/mol. The summed E-state index contributed by atoms with van der Waals surface area (Å²) in [5, 5.41) is 0. The van der Waals surface area contributed by atoms with Crippen LogP contribution in [-0.2, 0) is 0 Å². The van der Waals surface area contributed by atoms with Gasteiger partial charge in [-0.1, -0.05) is 22.0 Å². The van der Waals surface area contributed by atoms with E-state index in [1.165, 1.54) is 0 Å². The second-order valence-electron chi connectivity index (χ2n) is 0.405. The zero-order valence-electron chi connectivity index (χ0n) is 2.53. The second-order valence-corrected chi connectivity index (χ2v) is 8.50. The van der Waals surface area contributed by atoms with E-state index in [-0.39, 0.29) is 0 Å². The predicted octanol–water partition coefficient (Wildman–Crippen LogP) is 2.02. The molecule has 1 radical (unpaired) electrons. The summed E-state index contributed by atoms with van der Waals surface area (Å²) in [4.78, 5) is 0. The molecule has 0 spiro atoms. The standard InChI is InChI=1S/BH4IP3/c2-5-4-1-3/h4-5H,3H2. The van der Waals surface area contributed by atoms with Crippen LogP contribution in [0.4, 0.5) is 0 Å². The summed E-state index contributed by atoms with van der Waals surface area (Å²) in [6.45, 7) is 2.13. The highest BCUT2D eigenvalue weighted by atomic mass is 127. The van der Waals surface area contributed by atoms with E-state index >= 15 is 0 Å². The summed E-state index contributed by atoms with van der Waals surface area (Å²) < 4.78 is 0. The first-order valence-corrected chi connectivity index (χ1v) is 7.92. The Morgan fingerprint density at radius 2 is 2.40 bits per heavy atom. The molecule has 0 bridgehead atoms. The first kappa shape index (κ1) is 7.08. The van der Waals surface area contributed by atoms with Crippen molar-refractivity contribution < 1.29 is 0 Å². The van der Waals surface area contributed by atoms with Crippen molar-refractivity contribution >= 4 is 51.9 Å². The molecule has 0 saturated carbocycles. The van der Waals surface area contributed by atoms with Crippen LogP contribution in [0.15, 0.2) is 0 Å². The first-order chi connectivity index (χ1) is 2.41. The maximum atomic E-state index is 2.59.